The highest BCUT2D eigenvalue weighted by Crippen LogP contribution is 2.38. The molecule has 1 heterocycles. The Kier molecular flexibility index (Phi) is 5.46. The van der Waals surface area contributed by atoms with Gasteiger partial charge in [-0.3, -0.25) is 9.59 Å². The minimum Gasteiger partial charge on any atom is -0.493 e. The zero-order valence-electron chi connectivity index (χ0n) is 14.8. The third-order valence-electron chi connectivity index (χ3n) is 4.40. The summed E-state index contributed by atoms with van der Waals surface area (Å²) in [7, 11) is 1.54. The Labute approximate surface area is 156 Å². The largest absolute Gasteiger partial charge is 0.493 e. The third-order valence-corrected chi connectivity index (χ3v) is 5.60. The summed E-state index contributed by atoms with van der Waals surface area (Å²) in [5, 5.41) is 3.34. The van der Waals surface area contributed by atoms with Crippen LogP contribution < -0.4 is 20.5 Å². The molecule has 0 spiro atoms. The number of hydrogen-bond acceptors (Lipinski definition) is 5. The van der Waals surface area contributed by atoms with Gasteiger partial charge in [-0.1, -0.05) is 12.1 Å². The molecule has 0 saturated carbocycles. The van der Waals surface area contributed by atoms with Crippen molar-refractivity contribution in [3.8, 4) is 11.5 Å². The molecule has 1 aliphatic carbocycles. The van der Waals surface area contributed by atoms with E-state index < -0.39 is 12.0 Å². The van der Waals surface area contributed by atoms with E-state index >= 15 is 0 Å². The maximum Gasteiger partial charge on any atom is 0.265 e. The van der Waals surface area contributed by atoms with Gasteiger partial charge >= 0.3 is 0 Å². The lowest BCUT2D eigenvalue weighted by Crippen LogP contribution is -2.30. The molecule has 1 atom stereocenters. The summed E-state index contributed by atoms with van der Waals surface area (Å²) < 4.78 is 11.0. The van der Waals surface area contributed by atoms with Crippen LogP contribution in [0.4, 0.5) is 5.00 Å². The van der Waals surface area contributed by atoms with Crippen molar-refractivity contribution in [1.29, 1.82) is 0 Å². The van der Waals surface area contributed by atoms with Crippen LogP contribution in [0.15, 0.2) is 24.3 Å². The van der Waals surface area contributed by atoms with Gasteiger partial charge in [0.05, 0.1) is 12.7 Å². The third kappa shape index (κ3) is 3.67. The van der Waals surface area contributed by atoms with Gasteiger partial charge in [-0.15, -0.1) is 11.3 Å². The molecule has 0 fully saturated rings. The summed E-state index contributed by atoms with van der Waals surface area (Å²) >= 11 is 1.44. The summed E-state index contributed by atoms with van der Waals surface area (Å²) in [6, 6.07) is 7.13. The molecule has 0 radical (unpaired) electrons. The Morgan fingerprint density at radius 1 is 1.19 bits per heavy atom. The molecule has 0 saturated heterocycles. The Bertz CT molecular complexity index is 831. The highest BCUT2D eigenvalue weighted by molar-refractivity contribution is 7.17. The highest BCUT2D eigenvalue weighted by atomic mass is 32.1. The first-order valence-corrected chi connectivity index (χ1v) is 9.37. The van der Waals surface area contributed by atoms with Crippen molar-refractivity contribution in [2.24, 2.45) is 5.73 Å². The van der Waals surface area contributed by atoms with E-state index in [1.807, 2.05) is 6.07 Å². The number of nitrogens with one attached hydrogen (secondary N) is 1. The van der Waals surface area contributed by atoms with Gasteiger partial charge in [0.15, 0.2) is 17.6 Å². The molecule has 0 unspecified atom stereocenters. The molecule has 1 aliphatic rings. The van der Waals surface area contributed by atoms with Gasteiger partial charge in [-0.2, -0.15) is 0 Å². The molecule has 6 nitrogen and oxygen atoms in total. The second-order valence-electron chi connectivity index (χ2n) is 6.18. The molecule has 7 heteroatoms. The number of amides is 2. The number of hydrogen-bond donors (Lipinski definition) is 2. The first-order valence-electron chi connectivity index (χ1n) is 8.56. The van der Waals surface area contributed by atoms with Gasteiger partial charge in [-0.05, 0) is 50.3 Å². The fourth-order valence-corrected chi connectivity index (χ4v) is 4.39. The number of para-hydroxylation sites is 2. The van der Waals surface area contributed by atoms with Crippen molar-refractivity contribution in [3.63, 3.8) is 0 Å². The van der Waals surface area contributed by atoms with Gasteiger partial charge in [-0.25, -0.2) is 0 Å². The number of primary amides is 1. The lowest BCUT2D eigenvalue weighted by atomic mass is 9.95. The number of anilines is 1. The monoisotopic (exact) mass is 374 g/mol. The fraction of sp³-hybridized carbons (Fsp3) is 0.368. The number of carbonyl (C=O) groups excluding carboxylic acids is 2. The number of carbonyl (C=O) groups is 2. The fourth-order valence-electron chi connectivity index (χ4n) is 3.09. The molecule has 2 aromatic rings. The lowest BCUT2D eigenvalue weighted by molar-refractivity contribution is -0.122. The smallest absolute Gasteiger partial charge is 0.265 e. The molecular formula is C19H22N2O4S. The van der Waals surface area contributed by atoms with Crippen LogP contribution in [0.1, 0.15) is 40.6 Å². The number of nitrogens with two attached hydrogens (primary N) is 1. The van der Waals surface area contributed by atoms with Crippen molar-refractivity contribution in [2.75, 3.05) is 12.4 Å². The number of methoxy groups -OCH3 is 1. The van der Waals surface area contributed by atoms with Gasteiger partial charge in [0.1, 0.15) is 5.00 Å². The summed E-state index contributed by atoms with van der Waals surface area (Å²) in [5.74, 6) is 0.199. The topological polar surface area (TPSA) is 90.7 Å². The molecule has 1 aromatic heterocycles. The Hall–Kier alpha value is -2.54. The van der Waals surface area contributed by atoms with E-state index in [4.69, 9.17) is 15.2 Å². The van der Waals surface area contributed by atoms with Crippen LogP contribution in [-0.2, 0) is 17.6 Å². The van der Waals surface area contributed by atoms with Crippen LogP contribution in [0.3, 0.4) is 0 Å². The minimum atomic E-state index is -0.758. The van der Waals surface area contributed by atoms with Crippen LogP contribution in [0.2, 0.25) is 0 Å². The number of benzene rings is 1. The molecule has 0 bridgehead atoms. The minimum absolute atomic E-state index is 0.336. The van der Waals surface area contributed by atoms with E-state index in [2.05, 4.69) is 5.32 Å². The molecule has 0 aliphatic heterocycles. The predicted octanol–water partition coefficient (Wildman–Crippen LogP) is 3.14. The summed E-state index contributed by atoms with van der Waals surface area (Å²) in [6.07, 6.45) is 3.11. The van der Waals surface area contributed by atoms with Gasteiger partial charge in [0.2, 0.25) is 0 Å². The van der Waals surface area contributed by atoms with E-state index in [-0.39, 0.29) is 5.91 Å². The average Bonchev–Trinajstić information content (AvgIpc) is 3.00. The van der Waals surface area contributed by atoms with Crippen LogP contribution >= 0.6 is 11.3 Å². The molecule has 26 heavy (non-hydrogen) atoms. The molecule has 2 amide bonds. The molecular weight excluding hydrogens is 352 g/mol. The molecule has 3 N–H and O–H groups in total. The summed E-state index contributed by atoms with van der Waals surface area (Å²) in [4.78, 5) is 25.6. The number of aryl methyl sites for hydroxylation is 1. The van der Waals surface area contributed by atoms with E-state index in [1.54, 1.807) is 32.2 Å². The SMILES string of the molecule is COc1ccccc1O[C@H](C)C(=O)Nc1sc2c(c1C(N)=O)CCCC2. The quantitative estimate of drug-likeness (QED) is 0.813. The van der Waals surface area contributed by atoms with Crippen molar-refractivity contribution < 1.29 is 19.1 Å². The maximum atomic E-state index is 12.6. The predicted molar refractivity (Wildman–Crippen MR) is 101 cm³/mol. The normalized spacial score (nSPS) is 14.2. The number of rotatable bonds is 6. The van der Waals surface area contributed by atoms with E-state index in [0.29, 0.717) is 22.1 Å². The Morgan fingerprint density at radius 2 is 1.88 bits per heavy atom. The van der Waals surface area contributed by atoms with Crippen LogP contribution in [-0.4, -0.2) is 25.0 Å². The van der Waals surface area contributed by atoms with Gasteiger partial charge in [0, 0.05) is 4.88 Å². The Balaban J connectivity index is 1.77. The number of fused-ring (bicyclic) bond motifs is 1. The average molecular weight is 374 g/mol. The van der Waals surface area contributed by atoms with Crippen molar-refractivity contribution >= 4 is 28.2 Å². The molecule has 3 rings (SSSR count). The first-order chi connectivity index (χ1) is 12.5. The van der Waals surface area contributed by atoms with E-state index in [9.17, 15) is 9.59 Å². The van der Waals surface area contributed by atoms with Gasteiger partial charge in [0.25, 0.3) is 11.8 Å². The first kappa shape index (κ1) is 18.3. The summed E-state index contributed by atoms with van der Waals surface area (Å²) in [5.41, 5.74) is 7.00. The van der Waals surface area contributed by atoms with E-state index in [0.717, 1.165) is 36.1 Å². The van der Waals surface area contributed by atoms with Crippen LogP contribution in [0, 0.1) is 0 Å². The molecule has 138 valence electrons. The second kappa shape index (κ2) is 7.78. The zero-order chi connectivity index (χ0) is 18.7. The zero-order valence-corrected chi connectivity index (χ0v) is 15.7. The number of thiophene rings is 1. The van der Waals surface area contributed by atoms with Crippen LogP contribution in [0.25, 0.3) is 0 Å². The highest BCUT2D eigenvalue weighted by Gasteiger charge is 2.26. The lowest BCUT2D eigenvalue weighted by Gasteiger charge is -2.16. The van der Waals surface area contributed by atoms with Crippen molar-refractivity contribution in [1.82, 2.24) is 0 Å². The van der Waals surface area contributed by atoms with Gasteiger partial charge < -0.3 is 20.5 Å². The van der Waals surface area contributed by atoms with Crippen molar-refractivity contribution in [2.45, 2.75) is 38.7 Å². The standard InChI is InChI=1S/C19H22N2O4S/c1-11(25-14-9-5-4-8-13(14)24-2)18(23)21-19-16(17(20)22)12-7-3-6-10-15(12)26-19/h4-5,8-9,11H,3,6-7,10H2,1-2H3,(H2,20,22)(H,21,23)/t11-/m1/s1. The van der Waals surface area contributed by atoms with Crippen LogP contribution in [0.5, 0.6) is 11.5 Å². The second-order valence-corrected chi connectivity index (χ2v) is 7.28. The molecule has 1 aromatic carbocycles. The Morgan fingerprint density at radius 3 is 2.58 bits per heavy atom. The van der Waals surface area contributed by atoms with E-state index in [1.165, 1.54) is 11.3 Å². The maximum absolute atomic E-state index is 12.6. The number of ether oxygens (including phenoxy) is 2. The summed E-state index contributed by atoms with van der Waals surface area (Å²) in [6.45, 7) is 1.65. The van der Waals surface area contributed by atoms with Crippen molar-refractivity contribution in [3.05, 3.63) is 40.3 Å².